The summed E-state index contributed by atoms with van der Waals surface area (Å²) in [5, 5.41) is 8.25. The predicted molar refractivity (Wildman–Crippen MR) is 50.1 cm³/mol. The number of carbonyl (C=O) groups is 1. The zero-order valence-electron chi connectivity index (χ0n) is 7.33. The minimum absolute atomic E-state index is 0.860. The number of hydrogen-bond donors (Lipinski definition) is 1. The van der Waals surface area contributed by atoms with Crippen molar-refractivity contribution in [1.82, 2.24) is 0 Å². The molecule has 0 atom stereocenters. The van der Waals surface area contributed by atoms with E-state index >= 15 is 0 Å². The van der Waals surface area contributed by atoms with Crippen LogP contribution in [0.3, 0.4) is 0 Å². The van der Waals surface area contributed by atoms with E-state index in [1.807, 2.05) is 6.08 Å². The predicted octanol–water partition coefficient (Wildman–Crippen LogP) is 2.76. The molecule has 0 aliphatic carbocycles. The average molecular weight is 168 g/mol. The third kappa shape index (κ3) is 8.95. The lowest BCUT2D eigenvalue weighted by Crippen LogP contribution is -1.85. The van der Waals surface area contributed by atoms with Crippen LogP contribution in [0.4, 0.5) is 0 Å². The summed E-state index contributed by atoms with van der Waals surface area (Å²) in [5.74, 6) is -0.860. The summed E-state index contributed by atoms with van der Waals surface area (Å²) in [6.07, 6.45) is 10.1. The minimum atomic E-state index is -0.860. The molecule has 0 heterocycles. The first-order valence-corrected chi connectivity index (χ1v) is 4.27. The fourth-order valence-electron chi connectivity index (χ4n) is 0.912. The van der Waals surface area contributed by atoms with E-state index in [1.165, 1.54) is 6.08 Å². The number of hydrogen-bond acceptors (Lipinski definition) is 1. The van der Waals surface area contributed by atoms with Crippen LogP contribution in [0.15, 0.2) is 24.8 Å². The van der Waals surface area contributed by atoms with Gasteiger partial charge in [0.1, 0.15) is 0 Å². The minimum Gasteiger partial charge on any atom is -0.478 e. The van der Waals surface area contributed by atoms with E-state index in [-0.39, 0.29) is 0 Å². The number of carboxylic acids is 1. The first-order valence-electron chi connectivity index (χ1n) is 4.27. The Bertz CT molecular complexity index is 159. The molecule has 0 aromatic carbocycles. The lowest BCUT2D eigenvalue weighted by Gasteiger charge is -1.93. The van der Waals surface area contributed by atoms with Crippen molar-refractivity contribution in [2.24, 2.45) is 0 Å². The SMILES string of the molecule is C=CCCCCC/C=C/C(=O)O. The van der Waals surface area contributed by atoms with Crippen LogP contribution in [0.5, 0.6) is 0 Å². The third-order valence-electron chi connectivity index (χ3n) is 1.54. The van der Waals surface area contributed by atoms with Crippen LogP contribution in [-0.2, 0) is 4.79 Å². The molecule has 2 nitrogen and oxygen atoms in total. The van der Waals surface area contributed by atoms with Crippen molar-refractivity contribution >= 4 is 5.97 Å². The van der Waals surface area contributed by atoms with Gasteiger partial charge in [-0.05, 0) is 25.7 Å². The number of aliphatic carboxylic acids is 1. The average Bonchev–Trinajstić information content (AvgIpc) is 2.02. The van der Waals surface area contributed by atoms with Gasteiger partial charge in [-0.1, -0.05) is 18.6 Å². The lowest BCUT2D eigenvalue weighted by molar-refractivity contribution is -0.131. The Balaban J connectivity index is 3.10. The molecule has 0 rings (SSSR count). The largest absolute Gasteiger partial charge is 0.478 e. The maximum Gasteiger partial charge on any atom is 0.327 e. The molecule has 0 aromatic heterocycles. The van der Waals surface area contributed by atoms with Gasteiger partial charge in [-0.25, -0.2) is 4.79 Å². The number of rotatable bonds is 7. The maximum atomic E-state index is 10.0. The van der Waals surface area contributed by atoms with Crippen LogP contribution in [0, 0.1) is 0 Å². The van der Waals surface area contributed by atoms with Crippen molar-refractivity contribution < 1.29 is 9.90 Å². The Morgan fingerprint density at radius 2 is 1.92 bits per heavy atom. The fourth-order valence-corrected chi connectivity index (χ4v) is 0.912. The number of allylic oxidation sites excluding steroid dienone is 2. The second-order valence-corrected chi connectivity index (χ2v) is 2.67. The Kier molecular flexibility index (Phi) is 7.35. The molecule has 68 valence electrons. The molecular formula is C10H16O2. The van der Waals surface area contributed by atoms with Crippen LogP contribution >= 0.6 is 0 Å². The van der Waals surface area contributed by atoms with Crippen LogP contribution in [-0.4, -0.2) is 11.1 Å². The molecule has 0 amide bonds. The van der Waals surface area contributed by atoms with E-state index in [0.29, 0.717) is 0 Å². The van der Waals surface area contributed by atoms with Crippen LogP contribution in [0.1, 0.15) is 32.1 Å². The van der Waals surface area contributed by atoms with Crippen LogP contribution in [0.2, 0.25) is 0 Å². The topological polar surface area (TPSA) is 37.3 Å². The van der Waals surface area contributed by atoms with E-state index < -0.39 is 5.97 Å². The molecule has 0 saturated carbocycles. The molecule has 0 aliphatic heterocycles. The molecular weight excluding hydrogens is 152 g/mol. The fraction of sp³-hybridized carbons (Fsp3) is 0.500. The van der Waals surface area contributed by atoms with Gasteiger partial charge in [0.15, 0.2) is 0 Å². The summed E-state index contributed by atoms with van der Waals surface area (Å²) in [5.41, 5.74) is 0. The van der Waals surface area contributed by atoms with E-state index in [9.17, 15) is 4.79 Å². The quantitative estimate of drug-likeness (QED) is 0.360. The van der Waals surface area contributed by atoms with Crippen molar-refractivity contribution in [2.75, 3.05) is 0 Å². The first-order chi connectivity index (χ1) is 5.77. The number of carboxylic acid groups (broad SMARTS) is 1. The van der Waals surface area contributed by atoms with Crippen molar-refractivity contribution in [3.05, 3.63) is 24.8 Å². The van der Waals surface area contributed by atoms with E-state index in [1.54, 1.807) is 6.08 Å². The monoisotopic (exact) mass is 168 g/mol. The summed E-state index contributed by atoms with van der Waals surface area (Å²) in [7, 11) is 0. The zero-order chi connectivity index (χ0) is 9.23. The highest BCUT2D eigenvalue weighted by Crippen LogP contribution is 2.03. The van der Waals surface area contributed by atoms with Gasteiger partial charge in [0.05, 0.1) is 0 Å². The molecule has 0 fully saturated rings. The smallest absolute Gasteiger partial charge is 0.327 e. The van der Waals surface area contributed by atoms with Crippen molar-refractivity contribution in [2.45, 2.75) is 32.1 Å². The highest BCUT2D eigenvalue weighted by molar-refractivity contribution is 5.79. The molecule has 0 aliphatic rings. The Morgan fingerprint density at radius 1 is 1.25 bits per heavy atom. The number of unbranched alkanes of at least 4 members (excludes halogenated alkanes) is 4. The first kappa shape index (κ1) is 11.0. The van der Waals surface area contributed by atoms with Gasteiger partial charge >= 0.3 is 5.97 Å². The highest BCUT2D eigenvalue weighted by atomic mass is 16.4. The van der Waals surface area contributed by atoms with Gasteiger partial charge in [0.2, 0.25) is 0 Å². The summed E-state index contributed by atoms with van der Waals surface area (Å²) in [4.78, 5) is 10.0. The highest BCUT2D eigenvalue weighted by Gasteiger charge is 1.87. The van der Waals surface area contributed by atoms with Crippen LogP contribution in [0.25, 0.3) is 0 Å². The van der Waals surface area contributed by atoms with E-state index in [4.69, 9.17) is 5.11 Å². The van der Waals surface area contributed by atoms with Crippen molar-refractivity contribution in [1.29, 1.82) is 0 Å². The second kappa shape index (κ2) is 8.05. The molecule has 0 saturated heterocycles. The summed E-state index contributed by atoms with van der Waals surface area (Å²) < 4.78 is 0. The standard InChI is InChI=1S/C10H16O2/c1-2-3-4-5-6-7-8-9-10(11)12/h2,8-9H,1,3-7H2,(H,11,12)/b9-8+. The van der Waals surface area contributed by atoms with Gasteiger partial charge in [0, 0.05) is 6.08 Å². The van der Waals surface area contributed by atoms with Gasteiger partial charge in [-0.3, -0.25) is 0 Å². The van der Waals surface area contributed by atoms with Gasteiger partial charge in [-0.2, -0.15) is 0 Å². The summed E-state index contributed by atoms with van der Waals surface area (Å²) >= 11 is 0. The zero-order valence-corrected chi connectivity index (χ0v) is 7.33. The molecule has 1 N–H and O–H groups in total. The van der Waals surface area contributed by atoms with Gasteiger partial charge in [0.25, 0.3) is 0 Å². The lowest BCUT2D eigenvalue weighted by atomic mass is 10.1. The molecule has 2 heteroatoms. The van der Waals surface area contributed by atoms with Crippen LogP contribution < -0.4 is 0 Å². The van der Waals surface area contributed by atoms with Gasteiger partial charge < -0.3 is 5.11 Å². The second-order valence-electron chi connectivity index (χ2n) is 2.67. The van der Waals surface area contributed by atoms with Crippen molar-refractivity contribution in [3.63, 3.8) is 0 Å². The van der Waals surface area contributed by atoms with E-state index in [0.717, 1.165) is 32.1 Å². The normalized spacial score (nSPS) is 10.3. The molecule has 0 radical (unpaired) electrons. The molecule has 0 aromatic rings. The Morgan fingerprint density at radius 3 is 2.50 bits per heavy atom. The molecule has 0 unspecified atom stereocenters. The molecule has 0 spiro atoms. The van der Waals surface area contributed by atoms with Gasteiger partial charge in [-0.15, -0.1) is 6.58 Å². The van der Waals surface area contributed by atoms with E-state index in [2.05, 4.69) is 6.58 Å². The summed E-state index contributed by atoms with van der Waals surface area (Å²) in [6, 6.07) is 0. The van der Waals surface area contributed by atoms with Crippen molar-refractivity contribution in [3.8, 4) is 0 Å². The molecule has 0 bridgehead atoms. The maximum absolute atomic E-state index is 10.0. The molecule has 12 heavy (non-hydrogen) atoms. The third-order valence-corrected chi connectivity index (χ3v) is 1.54. The Labute approximate surface area is 73.6 Å². The Hall–Kier alpha value is -1.05. The summed E-state index contributed by atoms with van der Waals surface area (Å²) in [6.45, 7) is 3.63.